The van der Waals surface area contributed by atoms with Crippen molar-refractivity contribution in [1.29, 1.82) is 0 Å². The maximum Gasteiger partial charge on any atom is 0.165 e. The molecule has 5 heterocycles. The molecule has 0 saturated carbocycles. The monoisotopic (exact) mass is 690 g/mol. The van der Waals surface area contributed by atoms with Gasteiger partial charge in [-0.3, -0.25) is 4.57 Å². The number of fused-ring (bicyclic) bond motifs is 12. The van der Waals surface area contributed by atoms with E-state index in [0.29, 0.717) is 0 Å². The van der Waals surface area contributed by atoms with E-state index in [1.165, 1.54) is 69.0 Å². The van der Waals surface area contributed by atoms with E-state index in [1.54, 1.807) is 0 Å². The van der Waals surface area contributed by atoms with E-state index in [2.05, 4.69) is 167 Å². The van der Waals surface area contributed by atoms with Crippen LogP contribution in [-0.4, -0.2) is 18.9 Å². The van der Waals surface area contributed by atoms with Gasteiger partial charge in [0.15, 0.2) is 5.82 Å². The van der Waals surface area contributed by atoms with Crippen molar-refractivity contribution in [2.45, 2.75) is 0 Å². The minimum Gasteiger partial charge on any atom is -0.306 e. The van der Waals surface area contributed by atoms with Gasteiger partial charge in [0.2, 0.25) is 0 Å². The van der Waals surface area contributed by atoms with Crippen LogP contribution in [0.2, 0.25) is 0 Å². The number of thiophene rings is 1. The van der Waals surface area contributed by atoms with E-state index in [9.17, 15) is 0 Å². The van der Waals surface area contributed by atoms with Crippen molar-refractivity contribution < 1.29 is 0 Å². The van der Waals surface area contributed by atoms with Crippen molar-refractivity contribution in [3.63, 3.8) is 0 Å². The Morgan fingerprint density at radius 2 is 1.09 bits per heavy atom. The zero-order valence-electron chi connectivity index (χ0n) is 28.2. The van der Waals surface area contributed by atoms with Crippen molar-refractivity contribution in [2.24, 2.45) is 0 Å². The standard InChI is InChI=1S/C48H26N4S/c1-2-12-28(13-3-1)43-48(50-44-29-14-5-4-11-27(29)23-26-36(44)49-43)51-37-19-9-16-31-32-17-8-18-33-34-24-25-35-30-15-6-7-22-40(30)53-47(35)46(34)52(45(32)33)39-21-10-20-38(51)42(39)41(31)37/h1-26H. The molecule has 0 aliphatic carbocycles. The molecule has 4 nitrogen and oxygen atoms in total. The highest BCUT2D eigenvalue weighted by molar-refractivity contribution is 7.26. The van der Waals surface area contributed by atoms with Crippen LogP contribution in [-0.2, 0) is 0 Å². The molecule has 0 amide bonds. The van der Waals surface area contributed by atoms with E-state index in [0.717, 1.165) is 49.9 Å². The highest BCUT2D eigenvalue weighted by atomic mass is 32.1. The minimum atomic E-state index is 0.831. The van der Waals surface area contributed by atoms with Gasteiger partial charge in [0.25, 0.3) is 0 Å². The Bertz CT molecular complexity index is 3680. The van der Waals surface area contributed by atoms with Crippen molar-refractivity contribution in [3.8, 4) is 17.1 Å². The Kier molecular flexibility index (Phi) is 5.22. The molecule has 0 N–H and O–H groups in total. The Balaban J connectivity index is 1.28. The Labute approximate surface area is 305 Å². The molecule has 0 unspecified atom stereocenters. The van der Waals surface area contributed by atoms with E-state index < -0.39 is 0 Å². The predicted octanol–water partition coefficient (Wildman–Crippen LogP) is 13.1. The normalized spacial score (nSPS) is 12.5. The second-order valence-electron chi connectivity index (χ2n) is 14.1. The van der Waals surface area contributed by atoms with Crippen LogP contribution in [0.1, 0.15) is 0 Å². The summed E-state index contributed by atoms with van der Waals surface area (Å²) >= 11 is 1.90. The Hall–Kier alpha value is -6.82. The van der Waals surface area contributed by atoms with Crippen molar-refractivity contribution >= 4 is 113 Å². The third-order valence-electron chi connectivity index (χ3n) is 11.4. The molecule has 0 radical (unpaired) electrons. The summed E-state index contributed by atoms with van der Waals surface area (Å²) in [5.41, 5.74) is 9.65. The van der Waals surface area contributed by atoms with Crippen LogP contribution < -0.4 is 0 Å². The molecule has 0 saturated heterocycles. The molecular weight excluding hydrogens is 665 g/mol. The van der Waals surface area contributed by atoms with Gasteiger partial charge in [-0.2, -0.15) is 0 Å². The third-order valence-corrected chi connectivity index (χ3v) is 12.6. The SMILES string of the molecule is c1ccc(-c2nc3ccc4ccccc4c3nc2-n2c3cccc4c5cccc6c7ccc8c9ccccc9sc8c7n(c7cccc2c7c43)c56)cc1. The number of nitrogens with zero attached hydrogens (tertiary/aromatic N) is 4. The van der Waals surface area contributed by atoms with E-state index in [1.807, 2.05) is 11.3 Å². The largest absolute Gasteiger partial charge is 0.306 e. The highest BCUT2D eigenvalue weighted by Gasteiger charge is 2.25. The summed E-state index contributed by atoms with van der Waals surface area (Å²) in [6, 6.07) is 57.1. The first-order valence-electron chi connectivity index (χ1n) is 18.0. The molecule has 244 valence electrons. The molecule has 8 aromatic carbocycles. The van der Waals surface area contributed by atoms with E-state index in [-0.39, 0.29) is 0 Å². The van der Waals surface area contributed by atoms with Crippen LogP contribution in [0.25, 0.3) is 119 Å². The zero-order chi connectivity index (χ0) is 34.4. The smallest absolute Gasteiger partial charge is 0.165 e. The summed E-state index contributed by atoms with van der Waals surface area (Å²) in [5, 5.41) is 12.4. The summed E-state index contributed by atoms with van der Waals surface area (Å²) in [7, 11) is 0. The number of para-hydroxylation sites is 1. The summed E-state index contributed by atoms with van der Waals surface area (Å²) < 4.78 is 7.58. The number of aromatic nitrogens is 4. The topological polar surface area (TPSA) is 35.1 Å². The van der Waals surface area contributed by atoms with Crippen LogP contribution in [0.3, 0.4) is 0 Å². The van der Waals surface area contributed by atoms with Gasteiger partial charge < -0.3 is 4.40 Å². The maximum absolute atomic E-state index is 5.61. The fraction of sp³-hybridized carbons (Fsp3) is 0. The van der Waals surface area contributed by atoms with Crippen molar-refractivity contribution in [2.75, 3.05) is 0 Å². The molecule has 13 aromatic rings. The van der Waals surface area contributed by atoms with Crippen molar-refractivity contribution in [1.82, 2.24) is 18.9 Å². The average molecular weight is 691 g/mol. The zero-order valence-corrected chi connectivity index (χ0v) is 29.0. The van der Waals surface area contributed by atoms with Gasteiger partial charge in [-0.25, -0.2) is 9.97 Å². The molecule has 0 aliphatic heterocycles. The number of rotatable bonds is 2. The lowest BCUT2D eigenvalue weighted by atomic mass is 10.0. The van der Waals surface area contributed by atoms with Gasteiger partial charge in [-0.15, -0.1) is 11.3 Å². The second-order valence-corrected chi connectivity index (χ2v) is 15.1. The van der Waals surface area contributed by atoms with Gasteiger partial charge >= 0.3 is 0 Å². The lowest BCUT2D eigenvalue weighted by Crippen LogP contribution is -2.04. The average Bonchev–Trinajstić information content (AvgIpc) is 3.85. The summed E-state index contributed by atoms with van der Waals surface area (Å²) in [4.78, 5) is 11.0. The van der Waals surface area contributed by atoms with Gasteiger partial charge in [0.1, 0.15) is 5.69 Å². The predicted molar refractivity (Wildman–Crippen MR) is 224 cm³/mol. The first-order valence-corrected chi connectivity index (χ1v) is 18.8. The third kappa shape index (κ3) is 3.50. The molecule has 5 aromatic heterocycles. The Morgan fingerprint density at radius 1 is 0.434 bits per heavy atom. The van der Waals surface area contributed by atoms with Crippen LogP contribution >= 0.6 is 11.3 Å². The Morgan fingerprint density at radius 3 is 2.00 bits per heavy atom. The lowest BCUT2D eigenvalue weighted by Gasteiger charge is -2.15. The maximum atomic E-state index is 5.61. The van der Waals surface area contributed by atoms with Gasteiger partial charge in [-0.1, -0.05) is 127 Å². The molecule has 0 fully saturated rings. The summed E-state index contributed by atoms with van der Waals surface area (Å²) in [6.07, 6.45) is 0. The molecule has 0 spiro atoms. The molecular formula is C48H26N4S. The van der Waals surface area contributed by atoms with Crippen molar-refractivity contribution in [3.05, 3.63) is 158 Å². The number of hydrogen-bond acceptors (Lipinski definition) is 3. The molecule has 0 aliphatic rings. The minimum absolute atomic E-state index is 0.831. The van der Waals surface area contributed by atoms with Crippen LogP contribution in [0.15, 0.2) is 158 Å². The van der Waals surface area contributed by atoms with Gasteiger partial charge in [-0.05, 0) is 41.1 Å². The first-order chi connectivity index (χ1) is 26.3. The number of benzene rings is 8. The molecule has 5 heteroatoms. The molecule has 0 atom stereocenters. The van der Waals surface area contributed by atoms with Gasteiger partial charge in [0.05, 0.1) is 43.3 Å². The molecule has 0 bridgehead atoms. The highest BCUT2D eigenvalue weighted by Crippen LogP contribution is 2.47. The van der Waals surface area contributed by atoms with Gasteiger partial charge in [0, 0.05) is 53.4 Å². The fourth-order valence-corrected chi connectivity index (χ4v) is 10.5. The molecule has 53 heavy (non-hydrogen) atoms. The first kappa shape index (κ1) is 27.8. The fourth-order valence-electron chi connectivity index (χ4n) is 9.24. The molecule has 13 rings (SSSR count). The quantitative estimate of drug-likeness (QED) is 0.169. The second kappa shape index (κ2) is 9.94. The van der Waals surface area contributed by atoms with E-state index in [4.69, 9.17) is 9.97 Å². The van der Waals surface area contributed by atoms with E-state index >= 15 is 0 Å². The summed E-state index contributed by atoms with van der Waals surface area (Å²) in [5.74, 6) is 0.831. The van der Waals surface area contributed by atoms with Crippen LogP contribution in [0, 0.1) is 0 Å². The van der Waals surface area contributed by atoms with Crippen LogP contribution in [0.5, 0.6) is 0 Å². The summed E-state index contributed by atoms with van der Waals surface area (Å²) in [6.45, 7) is 0. The van der Waals surface area contributed by atoms with Crippen LogP contribution in [0.4, 0.5) is 0 Å². The number of hydrogen-bond donors (Lipinski definition) is 0. The lowest BCUT2D eigenvalue weighted by molar-refractivity contribution is 1.08.